The molecule has 0 bridgehead atoms. The largest absolute Gasteiger partial charge is 1.00 e. The summed E-state index contributed by atoms with van der Waals surface area (Å²) in [6.45, 7) is 1.71. The summed E-state index contributed by atoms with van der Waals surface area (Å²) in [7, 11) is 0. The van der Waals surface area contributed by atoms with Gasteiger partial charge in [0.15, 0.2) is 0 Å². The first kappa shape index (κ1) is 12.2. The van der Waals surface area contributed by atoms with Crippen LogP contribution in [0.2, 0.25) is 0 Å². The predicted octanol–water partition coefficient (Wildman–Crippen LogP) is -2.09. The Morgan fingerprint density at radius 2 is 2.00 bits per heavy atom. The summed E-state index contributed by atoms with van der Waals surface area (Å²) < 4.78 is 0. The zero-order valence-corrected chi connectivity index (χ0v) is 10.7. The normalized spacial score (nSPS) is 9.67. The van der Waals surface area contributed by atoms with Crippen LogP contribution in [-0.4, -0.2) is 11.0 Å². The minimum absolute atomic E-state index is 0. The van der Waals surface area contributed by atoms with Gasteiger partial charge in [-0.1, -0.05) is 18.2 Å². The van der Waals surface area contributed by atoms with Crippen molar-refractivity contribution in [3.63, 3.8) is 0 Å². The molecule has 0 atom stereocenters. The fraction of sp³-hybridized carbons (Fsp3) is 0.0909. The maximum atomic E-state index is 10.9. The molecule has 2 aromatic rings. The summed E-state index contributed by atoms with van der Waals surface area (Å²) in [6, 6.07) is 7.13. The second-order valence-corrected chi connectivity index (χ2v) is 3.12. The standard InChI is InChI=1S/C11H9NO2.Na/c1-7-6-12-9-5-3-2-4-8(9)10(7)11(13)14;/h2-6H,1H3,(H,13,14);/q;+1/p-1. The molecule has 0 amide bonds. The number of aromatic carboxylic acids is 1. The number of benzene rings is 1. The molecule has 0 fully saturated rings. The molecule has 0 saturated carbocycles. The van der Waals surface area contributed by atoms with E-state index in [4.69, 9.17) is 0 Å². The van der Waals surface area contributed by atoms with Crippen molar-refractivity contribution in [1.29, 1.82) is 0 Å². The van der Waals surface area contributed by atoms with Crippen LogP contribution >= 0.6 is 0 Å². The number of fused-ring (bicyclic) bond motifs is 1. The maximum Gasteiger partial charge on any atom is 1.00 e. The van der Waals surface area contributed by atoms with E-state index in [-0.39, 0.29) is 35.1 Å². The van der Waals surface area contributed by atoms with Gasteiger partial charge in [0.25, 0.3) is 0 Å². The van der Waals surface area contributed by atoms with Crippen molar-refractivity contribution in [2.24, 2.45) is 0 Å². The second-order valence-electron chi connectivity index (χ2n) is 3.12. The van der Waals surface area contributed by atoms with Crippen LogP contribution in [0.15, 0.2) is 30.5 Å². The molecule has 4 heteroatoms. The first-order chi connectivity index (χ1) is 6.70. The van der Waals surface area contributed by atoms with Crippen LogP contribution in [-0.2, 0) is 0 Å². The van der Waals surface area contributed by atoms with E-state index in [1.807, 2.05) is 6.07 Å². The number of hydrogen-bond donors (Lipinski definition) is 0. The maximum absolute atomic E-state index is 10.9. The third kappa shape index (κ3) is 2.20. The molecule has 0 aliphatic rings. The summed E-state index contributed by atoms with van der Waals surface area (Å²) in [4.78, 5) is 15.0. The molecule has 2 rings (SSSR count). The van der Waals surface area contributed by atoms with Gasteiger partial charge in [0.05, 0.1) is 11.5 Å². The number of carboxylic acid groups (broad SMARTS) is 1. The van der Waals surface area contributed by atoms with Crippen molar-refractivity contribution in [1.82, 2.24) is 4.98 Å². The topological polar surface area (TPSA) is 53.0 Å². The number of nitrogens with zero attached hydrogens (tertiary/aromatic N) is 1. The summed E-state index contributed by atoms with van der Waals surface area (Å²) in [5.41, 5.74) is 1.54. The minimum atomic E-state index is -1.15. The quantitative estimate of drug-likeness (QED) is 0.506. The molecule has 1 aromatic carbocycles. The van der Waals surface area contributed by atoms with Gasteiger partial charge in [-0.15, -0.1) is 0 Å². The van der Waals surface area contributed by atoms with Crippen LogP contribution in [0.3, 0.4) is 0 Å². The number of aromatic nitrogens is 1. The van der Waals surface area contributed by atoms with Crippen LogP contribution < -0.4 is 34.7 Å². The van der Waals surface area contributed by atoms with Gasteiger partial charge in [-0.3, -0.25) is 4.98 Å². The molecule has 0 aliphatic heterocycles. The fourth-order valence-corrected chi connectivity index (χ4v) is 1.51. The number of para-hydroxylation sites is 1. The van der Waals surface area contributed by atoms with Gasteiger partial charge in [-0.05, 0) is 18.6 Å². The Labute approximate surface area is 109 Å². The van der Waals surface area contributed by atoms with Crippen molar-refractivity contribution >= 4 is 16.9 Å². The fourth-order valence-electron chi connectivity index (χ4n) is 1.51. The number of aryl methyl sites for hydroxylation is 1. The van der Waals surface area contributed by atoms with Gasteiger partial charge in [-0.25, -0.2) is 0 Å². The van der Waals surface area contributed by atoms with Crippen molar-refractivity contribution < 1.29 is 39.5 Å². The molecule has 3 nitrogen and oxygen atoms in total. The summed E-state index contributed by atoms with van der Waals surface area (Å²) in [5.74, 6) is -1.15. The average molecular weight is 209 g/mol. The monoisotopic (exact) mass is 209 g/mol. The summed E-state index contributed by atoms with van der Waals surface area (Å²) in [5, 5.41) is 11.5. The molecule has 0 radical (unpaired) electrons. The van der Waals surface area contributed by atoms with Crippen LogP contribution in [0.5, 0.6) is 0 Å². The van der Waals surface area contributed by atoms with E-state index in [0.717, 1.165) is 0 Å². The minimum Gasteiger partial charge on any atom is -0.545 e. The van der Waals surface area contributed by atoms with Gasteiger partial charge in [0.2, 0.25) is 0 Å². The molecule has 0 unspecified atom stereocenters. The SMILES string of the molecule is Cc1cnc2ccccc2c1C(=O)[O-].[Na+]. The molecule has 0 spiro atoms. The third-order valence-corrected chi connectivity index (χ3v) is 2.17. The Morgan fingerprint density at radius 1 is 1.33 bits per heavy atom. The Kier molecular flexibility index (Phi) is 3.85. The Hall–Kier alpha value is -0.900. The van der Waals surface area contributed by atoms with Gasteiger partial charge in [0, 0.05) is 17.1 Å². The first-order valence-corrected chi connectivity index (χ1v) is 4.26. The molecular formula is C11H8NNaO2. The summed E-state index contributed by atoms with van der Waals surface area (Å²) >= 11 is 0. The molecule has 0 aliphatic carbocycles. The van der Waals surface area contributed by atoms with E-state index in [9.17, 15) is 9.90 Å². The Morgan fingerprint density at radius 3 is 2.67 bits per heavy atom. The molecule has 0 saturated heterocycles. The third-order valence-electron chi connectivity index (χ3n) is 2.17. The number of rotatable bonds is 1. The van der Waals surface area contributed by atoms with Crippen LogP contribution in [0.4, 0.5) is 0 Å². The van der Waals surface area contributed by atoms with E-state index >= 15 is 0 Å². The molecular weight excluding hydrogens is 201 g/mol. The zero-order chi connectivity index (χ0) is 10.1. The van der Waals surface area contributed by atoms with Gasteiger partial charge in [-0.2, -0.15) is 0 Å². The average Bonchev–Trinajstić information content (AvgIpc) is 2.17. The summed E-state index contributed by atoms with van der Waals surface area (Å²) in [6.07, 6.45) is 1.55. The number of carboxylic acids is 1. The number of carbonyl (C=O) groups is 1. The Balaban J connectivity index is 0.00000112. The second kappa shape index (κ2) is 4.75. The number of carbonyl (C=O) groups excluding carboxylic acids is 1. The van der Waals surface area contributed by atoms with Crippen molar-refractivity contribution in [2.75, 3.05) is 0 Å². The van der Waals surface area contributed by atoms with Gasteiger partial charge >= 0.3 is 29.6 Å². The van der Waals surface area contributed by atoms with Crippen molar-refractivity contribution in [3.8, 4) is 0 Å². The van der Waals surface area contributed by atoms with Crippen LogP contribution in [0, 0.1) is 6.92 Å². The zero-order valence-electron chi connectivity index (χ0n) is 8.65. The van der Waals surface area contributed by atoms with E-state index in [2.05, 4.69) is 4.98 Å². The van der Waals surface area contributed by atoms with E-state index in [0.29, 0.717) is 16.5 Å². The predicted molar refractivity (Wildman–Crippen MR) is 50.8 cm³/mol. The number of hydrogen-bond acceptors (Lipinski definition) is 3. The molecule has 15 heavy (non-hydrogen) atoms. The van der Waals surface area contributed by atoms with E-state index in [1.165, 1.54) is 0 Å². The van der Waals surface area contributed by atoms with Gasteiger partial charge in [0.1, 0.15) is 0 Å². The van der Waals surface area contributed by atoms with Crippen LogP contribution in [0.25, 0.3) is 10.9 Å². The first-order valence-electron chi connectivity index (χ1n) is 4.26. The van der Waals surface area contributed by atoms with Crippen molar-refractivity contribution in [2.45, 2.75) is 6.92 Å². The van der Waals surface area contributed by atoms with Gasteiger partial charge < -0.3 is 9.90 Å². The smallest absolute Gasteiger partial charge is 0.545 e. The molecule has 1 heterocycles. The molecule has 1 aromatic heterocycles. The van der Waals surface area contributed by atoms with Crippen LogP contribution in [0.1, 0.15) is 15.9 Å². The van der Waals surface area contributed by atoms with E-state index < -0.39 is 5.97 Å². The molecule has 70 valence electrons. The number of pyridine rings is 1. The van der Waals surface area contributed by atoms with E-state index in [1.54, 1.807) is 31.3 Å². The Bertz CT molecular complexity index is 511. The van der Waals surface area contributed by atoms with Crippen molar-refractivity contribution in [3.05, 3.63) is 41.6 Å². The molecule has 0 N–H and O–H groups in total.